The Morgan fingerprint density at radius 1 is 1.14 bits per heavy atom. The number of hydrogen-bond donors (Lipinski definition) is 1. The van der Waals surface area contributed by atoms with Crippen LogP contribution in [0.2, 0.25) is 0 Å². The first-order valence-electron chi connectivity index (χ1n) is 10.3. The maximum Gasteiger partial charge on any atom is 0.194 e. The molecule has 0 amide bonds. The zero-order valence-corrected chi connectivity index (χ0v) is 20.2. The van der Waals surface area contributed by atoms with Crippen LogP contribution in [0.15, 0.2) is 23.2 Å². The first-order chi connectivity index (χ1) is 13.2. The van der Waals surface area contributed by atoms with Gasteiger partial charge in [0, 0.05) is 26.2 Å². The van der Waals surface area contributed by atoms with Crippen LogP contribution in [0.25, 0.3) is 0 Å². The molecule has 0 aliphatic carbocycles. The van der Waals surface area contributed by atoms with E-state index in [4.69, 9.17) is 14.5 Å². The van der Waals surface area contributed by atoms with Gasteiger partial charge in [0.15, 0.2) is 17.5 Å². The van der Waals surface area contributed by atoms with Crippen LogP contribution in [0.4, 0.5) is 0 Å². The van der Waals surface area contributed by atoms with Crippen molar-refractivity contribution in [2.75, 3.05) is 53.0 Å². The molecule has 1 aromatic carbocycles. The fraction of sp³-hybridized carbons (Fsp3) is 0.667. The lowest BCUT2D eigenvalue weighted by Gasteiger charge is -2.21. The van der Waals surface area contributed by atoms with Gasteiger partial charge in [0.1, 0.15) is 6.61 Å². The molecule has 160 valence electrons. The number of guanidine groups is 1. The van der Waals surface area contributed by atoms with Crippen LogP contribution in [0.3, 0.4) is 0 Å². The minimum atomic E-state index is 0. The number of likely N-dealkylation sites (N-methyl/N-ethyl adjacent to an activating group) is 1. The van der Waals surface area contributed by atoms with E-state index in [1.165, 1.54) is 12.8 Å². The van der Waals surface area contributed by atoms with Gasteiger partial charge in [0.05, 0.1) is 13.7 Å². The molecule has 1 aliphatic rings. The Hall–Kier alpha value is -1.22. The van der Waals surface area contributed by atoms with Gasteiger partial charge in [-0.2, -0.15) is 0 Å². The van der Waals surface area contributed by atoms with E-state index in [1.807, 2.05) is 12.1 Å². The van der Waals surface area contributed by atoms with Gasteiger partial charge in [-0.15, -0.1) is 24.0 Å². The van der Waals surface area contributed by atoms with Crippen LogP contribution in [0, 0.1) is 0 Å². The summed E-state index contributed by atoms with van der Waals surface area (Å²) in [6, 6.07) is 6.10. The highest BCUT2D eigenvalue weighted by Gasteiger charge is 2.15. The van der Waals surface area contributed by atoms with Gasteiger partial charge in [0.25, 0.3) is 0 Å². The van der Waals surface area contributed by atoms with Gasteiger partial charge < -0.3 is 24.6 Å². The third-order valence-corrected chi connectivity index (χ3v) is 4.94. The second-order valence-corrected chi connectivity index (χ2v) is 6.72. The Morgan fingerprint density at radius 2 is 1.86 bits per heavy atom. The van der Waals surface area contributed by atoms with Gasteiger partial charge in [-0.1, -0.05) is 19.9 Å². The predicted molar refractivity (Wildman–Crippen MR) is 127 cm³/mol. The molecule has 1 saturated heterocycles. The lowest BCUT2D eigenvalue weighted by Crippen LogP contribution is -2.39. The molecule has 2 rings (SSSR count). The van der Waals surface area contributed by atoms with E-state index in [2.05, 4.69) is 42.0 Å². The highest BCUT2D eigenvalue weighted by molar-refractivity contribution is 14.0. The molecule has 0 saturated carbocycles. The fourth-order valence-corrected chi connectivity index (χ4v) is 3.28. The number of aliphatic imine (C=N–C) groups is 1. The summed E-state index contributed by atoms with van der Waals surface area (Å²) in [4.78, 5) is 9.49. The molecule has 1 aromatic rings. The SMILES string of the molecule is CCNC(=NCc1ccc(OCCN(CC)CC)c(OC)c1)N1CCCC1.I. The van der Waals surface area contributed by atoms with Crippen LogP contribution in [0.1, 0.15) is 39.2 Å². The Bertz CT molecular complexity index is 588. The number of likely N-dealkylation sites (tertiary alicyclic amines) is 1. The van der Waals surface area contributed by atoms with E-state index in [0.717, 1.165) is 62.3 Å². The second kappa shape index (κ2) is 13.9. The Labute approximate surface area is 187 Å². The molecule has 0 unspecified atom stereocenters. The van der Waals surface area contributed by atoms with Crippen LogP contribution < -0.4 is 14.8 Å². The van der Waals surface area contributed by atoms with Gasteiger partial charge in [-0.25, -0.2) is 4.99 Å². The molecule has 0 atom stereocenters. The first-order valence-corrected chi connectivity index (χ1v) is 10.3. The summed E-state index contributed by atoms with van der Waals surface area (Å²) in [5, 5.41) is 3.40. The van der Waals surface area contributed by atoms with Gasteiger partial charge in [0.2, 0.25) is 0 Å². The molecule has 28 heavy (non-hydrogen) atoms. The summed E-state index contributed by atoms with van der Waals surface area (Å²) in [6.07, 6.45) is 2.50. The number of ether oxygens (including phenoxy) is 2. The maximum atomic E-state index is 5.94. The van der Waals surface area contributed by atoms with Crippen LogP contribution in [-0.4, -0.2) is 68.7 Å². The van der Waals surface area contributed by atoms with E-state index in [1.54, 1.807) is 7.11 Å². The van der Waals surface area contributed by atoms with Crippen molar-refractivity contribution in [3.63, 3.8) is 0 Å². The summed E-state index contributed by atoms with van der Waals surface area (Å²) in [5.41, 5.74) is 1.12. The molecule has 1 aliphatic heterocycles. The van der Waals surface area contributed by atoms with E-state index in [0.29, 0.717) is 13.2 Å². The Morgan fingerprint density at radius 3 is 2.46 bits per heavy atom. The number of methoxy groups -OCH3 is 1. The van der Waals surface area contributed by atoms with Gasteiger partial charge in [-0.05, 0) is 50.6 Å². The number of rotatable bonds is 10. The molecule has 0 spiro atoms. The van der Waals surface area contributed by atoms with Crippen molar-refractivity contribution in [1.82, 2.24) is 15.1 Å². The molecule has 6 nitrogen and oxygen atoms in total. The topological polar surface area (TPSA) is 49.3 Å². The number of benzene rings is 1. The van der Waals surface area contributed by atoms with Crippen LogP contribution in [0.5, 0.6) is 11.5 Å². The monoisotopic (exact) mass is 504 g/mol. The number of nitrogens with one attached hydrogen (secondary N) is 1. The van der Waals surface area contributed by atoms with E-state index in [9.17, 15) is 0 Å². The van der Waals surface area contributed by atoms with E-state index < -0.39 is 0 Å². The van der Waals surface area contributed by atoms with Crippen molar-refractivity contribution in [2.24, 2.45) is 4.99 Å². The van der Waals surface area contributed by atoms with Crippen LogP contribution >= 0.6 is 24.0 Å². The number of hydrogen-bond acceptors (Lipinski definition) is 4. The minimum Gasteiger partial charge on any atom is -0.493 e. The molecular weight excluding hydrogens is 467 g/mol. The van der Waals surface area contributed by atoms with Crippen molar-refractivity contribution >= 4 is 29.9 Å². The molecule has 1 N–H and O–H groups in total. The van der Waals surface area contributed by atoms with Crippen molar-refractivity contribution in [3.05, 3.63) is 23.8 Å². The van der Waals surface area contributed by atoms with E-state index >= 15 is 0 Å². The predicted octanol–water partition coefficient (Wildman–Crippen LogP) is 3.60. The largest absolute Gasteiger partial charge is 0.493 e. The average Bonchev–Trinajstić information content (AvgIpc) is 3.23. The zero-order chi connectivity index (χ0) is 19.5. The fourth-order valence-electron chi connectivity index (χ4n) is 3.28. The molecule has 7 heteroatoms. The van der Waals surface area contributed by atoms with Crippen LogP contribution in [-0.2, 0) is 6.54 Å². The zero-order valence-electron chi connectivity index (χ0n) is 17.9. The highest BCUT2D eigenvalue weighted by atomic mass is 127. The quantitative estimate of drug-likeness (QED) is 0.300. The molecule has 0 aromatic heterocycles. The molecular formula is C21H37IN4O2. The smallest absolute Gasteiger partial charge is 0.194 e. The summed E-state index contributed by atoms with van der Waals surface area (Å²) in [6.45, 7) is 13.8. The number of nitrogens with zero attached hydrogens (tertiary/aromatic N) is 3. The summed E-state index contributed by atoms with van der Waals surface area (Å²) in [7, 11) is 1.69. The molecule has 1 fully saturated rings. The normalized spacial score (nSPS) is 14.2. The van der Waals surface area contributed by atoms with E-state index in [-0.39, 0.29) is 24.0 Å². The third-order valence-electron chi connectivity index (χ3n) is 4.94. The standard InChI is InChI=1S/C21H36N4O2.HI/c1-5-22-21(25-12-8-9-13-25)23-17-18-10-11-19(20(16-18)26-4)27-15-14-24(6-2)7-3;/h10-11,16H,5-9,12-15,17H2,1-4H3,(H,22,23);1H. The third kappa shape index (κ3) is 7.66. The molecule has 0 radical (unpaired) electrons. The lowest BCUT2D eigenvalue weighted by molar-refractivity contribution is 0.217. The lowest BCUT2D eigenvalue weighted by atomic mass is 10.2. The summed E-state index contributed by atoms with van der Waals surface area (Å²) in [5.74, 6) is 2.57. The van der Waals surface area contributed by atoms with Crippen molar-refractivity contribution in [3.8, 4) is 11.5 Å². The van der Waals surface area contributed by atoms with Crippen molar-refractivity contribution in [2.45, 2.75) is 40.2 Å². The Balaban J connectivity index is 0.00000392. The maximum absolute atomic E-state index is 5.94. The second-order valence-electron chi connectivity index (χ2n) is 6.72. The van der Waals surface area contributed by atoms with Gasteiger partial charge in [-0.3, -0.25) is 0 Å². The summed E-state index contributed by atoms with van der Waals surface area (Å²) < 4.78 is 11.5. The van der Waals surface area contributed by atoms with Gasteiger partial charge >= 0.3 is 0 Å². The molecule has 1 heterocycles. The Kier molecular flexibility index (Phi) is 12.3. The number of halogens is 1. The first kappa shape index (κ1) is 24.8. The molecule has 0 bridgehead atoms. The van der Waals surface area contributed by atoms with Crippen molar-refractivity contribution in [1.29, 1.82) is 0 Å². The summed E-state index contributed by atoms with van der Waals surface area (Å²) >= 11 is 0. The highest BCUT2D eigenvalue weighted by Crippen LogP contribution is 2.28. The average molecular weight is 504 g/mol. The minimum absolute atomic E-state index is 0. The van der Waals surface area contributed by atoms with Crippen molar-refractivity contribution < 1.29 is 9.47 Å².